The van der Waals surface area contributed by atoms with Gasteiger partial charge >= 0.3 is 0 Å². The molecule has 1 aliphatic rings. The molecular formula is C12H15NO2S. The predicted molar refractivity (Wildman–Crippen MR) is 63.6 cm³/mol. The standard InChI is InChI=1S/C12H15NO2S/c1-9-4-6-13(7-5-9)12(15)11(14)10-3-2-8-16-10/h2-3,8-9H,4-7H2,1H3. The highest BCUT2D eigenvalue weighted by molar-refractivity contribution is 7.12. The topological polar surface area (TPSA) is 37.4 Å². The Hall–Kier alpha value is -1.16. The van der Waals surface area contributed by atoms with E-state index >= 15 is 0 Å². The molecule has 0 unspecified atom stereocenters. The van der Waals surface area contributed by atoms with Gasteiger partial charge < -0.3 is 4.90 Å². The number of nitrogens with zero attached hydrogens (tertiary/aromatic N) is 1. The maximum Gasteiger partial charge on any atom is 0.295 e. The number of Topliss-reactive ketones (excluding diaryl/α,β-unsaturated/α-hetero) is 1. The van der Waals surface area contributed by atoms with E-state index in [1.165, 1.54) is 11.3 Å². The van der Waals surface area contributed by atoms with Gasteiger partial charge in [0.05, 0.1) is 4.88 Å². The van der Waals surface area contributed by atoms with Crippen molar-refractivity contribution >= 4 is 23.0 Å². The van der Waals surface area contributed by atoms with Crippen LogP contribution in [-0.2, 0) is 4.79 Å². The third kappa shape index (κ3) is 2.32. The monoisotopic (exact) mass is 237 g/mol. The molecule has 1 aromatic heterocycles. The Bertz CT molecular complexity index is 378. The maximum absolute atomic E-state index is 11.9. The second-order valence-electron chi connectivity index (χ2n) is 4.28. The van der Waals surface area contributed by atoms with Crippen LogP contribution in [0.1, 0.15) is 29.4 Å². The van der Waals surface area contributed by atoms with E-state index in [2.05, 4.69) is 6.92 Å². The van der Waals surface area contributed by atoms with Crippen LogP contribution in [-0.4, -0.2) is 29.7 Å². The Kier molecular flexibility index (Phi) is 3.39. The van der Waals surface area contributed by atoms with Gasteiger partial charge in [-0.3, -0.25) is 9.59 Å². The third-order valence-corrected chi connectivity index (χ3v) is 3.88. The number of amides is 1. The number of hydrogen-bond acceptors (Lipinski definition) is 3. The van der Waals surface area contributed by atoms with Crippen molar-refractivity contribution in [3.05, 3.63) is 22.4 Å². The number of rotatable bonds is 2. The zero-order chi connectivity index (χ0) is 11.5. The molecule has 3 nitrogen and oxygen atoms in total. The van der Waals surface area contributed by atoms with Crippen LogP contribution in [0.15, 0.2) is 17.5 Å². The smallest absolute Gasteiger partial charge is 0.295 e. The van der Waals surface area contributed by atoms with Gasteiger partial charge in [0.2, 0.25) is 0 Å². The summed E-state index contributed by atoms with van der Waals surface area (Å²) in [6, 6.07) is 3.50. The lowest BCUT2D eigenvalue weighted by Gasteiger charge is -2.29. The summed E-state index contributed by atoms with van der Waals surface area (Å²) in [7, 11) is 0. The predicted octanol–water partition coefficient (Wildman–Crippen LogP) is 2.19. The van der Waals surface area contributed by atoms with Crippen molar-refractivity contribution in [3.8, 4) is 0 Å². The Morgan fingerprint density at radius 3 is 2.62 bits per heavy atom. The highest BCUT2D eigenvalue weighted by Gasteiger charge is 2.26. The molecule has 1 saturated heterocycles. The highest BCUT2D eigenvalue weighted by atomic mass is 32.1. The summed E-state index contributed by atoms with van der Waals surface area (Å²) in [4.78, 5) is 25.9. The second kappa shape index (κ2) is 4.78. The Morgan fingerprint density at radius 2 is 2.06 bits per heavy atom. The Balaban J connectivity index is 2.00. The summed E-state index contributed by atoms with van der Waals surface area (Å²) >= 11 is 1.33. The molecule has 4 heteroatoms. The van der Waals surface area contributed by atoms with Crippen LogP contribution in [0.3, 0.4) is 0 Å². The van der Waals surface area contributed by atoms with Crippen LogP contribution in [0.4, 0.5) is 0 Å². The number of carbonyl (C=O) groups excluding carboxylic acids is 2. The number of carbonyl (C=O) groups is 2. The summed E-state index contributed by atoms with van der Waals surface area (Å²) in [5.74, 6) is -0.0280. The van der Waals surface area contributed by atoms with Gasteiger partial charge in [-0.2, -0.15) is 0 Å². The molecule has 1 aliphatic heterocycles. The molecule has 0 bridgehead atoms. The SMILES string of the molecule is CC1CCN(C(=O)C(=O)c2cccs2)CC1. The van der Waals surface area contributed by atoms with Crippen LogP contribution in [0, 0.1) is 5.92 Å². The summed E-state index contributed by atoms with van der Waals surface area (Å²) in [5.41, 5.74) is 0. The second-order valence-corrected chi connectivity index (χ2v) is 5.23. The van der Waals surface area contributed by atoms with E-state index in [0.29, 0.717) is 10.8 Å². The van der Waals surface area contributed by atoms with Gasteiger partial charge in [0, 0.05) is 13.1 Å². The number of hydrogen-bond donors (Lipinski definition) is 0. The fraction of sp³-hybridized carbons (Fsp3) is 0.500. The largest absolute Gasteiger partial charge is 0.336 e. The average molecular weight is 237 g/mol. The zero-order valence-electron chi connectivity index (χ0n) is 9.31. The molecule has 0 radical (unpaired) electrons. The number of ketones is 1. The lowest BCUT2D eigenvalue weighted by molar-refractivity contribution is -0.127. The molecule has 0 spiro atoms. The van der Waals surface area contributed by atoms with E-state index in [0.717, 1.165) is 25.9 Å². The molecule has 16 heavy (non-hydrogen) atoms. The summed E-state index contributed by atoms with van der Waals surface area (Å²) in [6.45, 7) is 3.62. The minimum atomic E-state index is -0.357. The van der Waals surface area contributed by atoms with Crippen molar-refractivity contribution < 1.29 is 9.59 Å². The number of likely N-dealkylation sites (tertiary alicyclic amines) is 1. The van der Waals surface area contributed by atoms with E-state index in [9.17, 15) is 9.59 Å². The van der Waals surface area contributed by atoms with Crippen LogP contribution >= 0.6 is 11.3 Å². The van der Waals surface area contributed by atoms with Crippen molar-refractivity contribution in [2.75, 3.05) is 13.1 Å². The van der Waals surface area contributed by atoms with Crippen molar-refractivity contribution in [2.45, 2.75) is 19.8 Å². The molecule has 86 valence electrons. The van der Waals surface area contributed by atoms with E-state index in [-0.39, 0.29) is 11.7 Å². The molecule has 0 aromatic carbocycles. The quantitative estimate of drug-likeness (QED) is 0.584. The van der Waals surface area contributed by atoms with Crippen molar-refractivity contribution in [3.63, 3.8) is 0 Å². The van der Waals surface area contributed by atoms with Crippen molar-refractivity contribution in [1.29, 1.82) is 0 Å². The maximum atomic E-state index is 11.9. The molecule has 1 fully saturated rings. The van der Waals surface area contributed by atoms with Crippen molar-refractivity contribution in [1.82, 2.24) is 4.90 Å². The van der Waals surface area contributed by atoms with E-state index < -0.39 is 0 Å². The van der Waals surface area contributed by atoms with E-state index in [1.54, 1.807) is 17.0 Å². The minimum Gasteiger partial charge on any atom is -0.336 e. The molecule has 0 saturated carbocycles. The first kappa shape index (κ1) is 11.3. The molecule has 2 heterocycles. The van der Waals surface area contributed by atoms with Gasteiger partial charge in [-0.1, -0.05) is 13.0 Å². The van der Waals surface area contributed by atoms with Gasteiger partial charge in [-0.15, -0.1) is 11.3 Å². The molecule has 0 atom stereocenters. The fourth-order valence-electron chi connectivity index (χ4n) is 1.87. The Morgan fingerprint density at radius 1 is 1.38 bits per heavy atom. The van der Waals surface area contributed by atoms with Crippen LogP contribution in [0.5, 0.6) is 0 Å². The van der Waals surface area contributed by atoms with Crippen molar-refractivity contribution in [2.24, 2.45) is 5.92 Å². The average Bonchev–Trinajstić information content (AvgIpc) is 2.81. The molecule has 1 aromatic rings. The Labute approximate surface area is 99.1 Å². The number of thiophene rings is 1. The number of piperidine rings is 1. The summed E-state index contributed by atoms with van der Waals surface area (Å²) in [5, 5.41) is 1.82. The normalized spacial score (nSPS) is 17.4. The summed E-state index contributed by atoms with van der Waals surface area (Å²) in [6.07, 6.45) is 2.01. The van der Waals surface area contributed by atoms with E-state index in [1.807, 2.05) is 5.38 Å². The molecule has 0 N–H and O–H groups in total. The third-order valence-electron chi connectivity index (χ3n) is 3.01. The zero-order valence-corrected chi connectivity index (χ0v) is 10.1. The first-order chi connectivity index (χ1) is 7.68. The van der Waals surface area contributed by atoms with Crippen LogP contribution in [0.25, 0.3) is 0 Å². The van der Waals surface area contributed by atoms with Gasteiger partial charge in [0.25, 0.3) is 11.7 Å². The summed E-state index contributed by atoms with van der Waals surface area (Å²) < 4.78 is 0. The molecule has 0 aliphatic carbocycles. The van der Waals surface area contributed by atoms with E-state index in [4.69, 9.17) is 0 Å². The molecule has 1 amide bonds. The highest BCUT2D eigenvalue weighted by Crippen LogP contribution is 2.18. The first-order valence-electron chi connectivity index (χ1n) is 5.55. The first-order valence-corrected chi connectivity index (χ1v) is 6.43. The minimum absolute atomic E-state index is 0.339. The lowest BCUT2D eigenvalue weighted by atomic mass is 9.99. The van der Waals surface area contributed by atoms with Crippen LogP contribution in [0.2, 0.25) is 0 Å². The van der Waals surface area contributed by atoms with Gasteiger partial charge in [-0.05, 0) is 30.2 Å². The molecule has 2 rings (SSSR count). The van der Waals surface area contributed by atoms with Crippen LogP contribution < -0.4 is 0 Å². The van der Waals surface area contributed by atoms with Gasteiger partial charge in [0.1, 0.15) is 0 Å². The van der Waals surface area contributed by atoms with Gasteiger partial charge in [0.15, 0.2) is 0 Å². The fourth-order valence-corrected chi connectivity index (χ4v) is 2.52. The van der Waals surface area contributed by atoms with Gasteiger partial charge in [-0.25, -0.2) is 0 Å². The molecular weight excluding hydrogens is 222 g/mol. The lowest BCUT2D eigenvalue weighted by Crippen LogP contribution is -2.41.